The van der Waals surface area contributed by atoms with Crippen molar-refractivity contribution in [3.63, 3.8) is 0 Å². The number of phenolic OH excluding ortho intramolecular Hbond substituents is 2. The number of nitrogens with one attached hydrogen (secondary N) is 1. The highest BCUT2D eigenvalue weighted by atomic mass is 35.5. The quantitative estimate of drug-likeness (QED) is 0.137. The second kappa shape index (κ2) is 8.01. The van der Waals surface area contributed by atoms with Gasteiger partial charge in [0.2, 0.25) is 0 Å². The minimum atomic E-state index is -0.103. The molecular formula is C18H16ClN3O4. The van der Waals surface area contributed by atoms with Crippen LogP contribution in [-0.2, 0) is 9.78 Å². The molecule has 7 nitrogen and oxygen atoms in total. The van der Waals surface area contributed by atoms with Crippen LogP contribution in [0.1, 0.15) is 0 Å². The summed E-state index contributed by atoms with van der Waals surface area (Å²) in [5.74, 6) is -0.168. The third-order valence-corrected chi connectivity index (χ3v) is 3.86. The SMILES string of the molecule is COOCNc1cc2ccccc2c(N=Nc2cc(Cl)ccc2O)c1O. The molecule has 0 aromatic heterocycles. The van der Waals surface area contributed by atoms with Gasteiger partial charge in [0.1, 0.15) is 17.1 Å². The molecule has 0 amide bonds. The van der Waals surface area contributed by atoms with Crippen molar-refractivity contribution in [2.75, 3.05) is 19.2 Å². The summed E-state index contributed by atoms with van der Waals surface area (Å²) >= 11 is 5.92. The first-order chi connectivity index (χ1) is 12.6. The number of rotatable bonds is 6. The van der Waals surface area contributed by atoms with Gasteiger partial charge in [-0.3, -0.25) is 0 Å². The molecule has 26 heavy (non-hydrogen) atoms. The molecule has 0 aliphatic heterocycles. The fourth-order valence-corrected chi connectivity index (χ4v) is 2.57. The van der Waals surface area contributed by atoms with E-state index in [1.807, 2.05) is 24.3 Å². The Morgan fingerprint density at radius 3 is 2.69 bits per heavy atom. The highest BCUT2D eigenvalue weighted by Crippen LogP contribution is 2.42. The molecule has 0 bridgehead atoms. The number of halogens is 1. The van der Waals surface area contributed by atoms with Crippen LogP contribution in [-0.4, -0.2) is 24.1 Å². The number of azo groups is 1. The second-order valence-electron chi connectivity index (χ2n) is 5.28. The minimum absolute atomic E-state index is 0.0358. The van der Waals surface area contributed by atoms with Crippen LogP contribution >= 0.6 is 11.6 Å². The molecule has 0 radical (unpaired) electrons. The van der Waals surface area contributed by atoms with E-state index >= 15 is 0 Å². The van der Waals surface area contributed by atoms with Crippen LogP contribution < -0.4 is 5.32 Å². The van der Waals surface area contributed by atoms with Gasteiger partial charge < -0.3 is 15.5 Å². The second-order valence-corrected chi connectivity index (χ2v) is 5.72. The number of anilines is 1. The lowest BCUT2D eigenvalue weighted by Gasteiger charge is -2.12. The van der Waals surface area contributed by atoms with E-state index in [1.54, 1.807) is 12.1 Å². The summed E-state index contributed by atoms with van der Waals surface area (Å²) < 4.78 is 0. The number of aromatic hydroxyl groups is 2. The normalized spacial score (nSPS) is 11.3. The van der Waals surface area contributed by atoms with Gasteiger partial charge in [-0.25, -0.2) is 9.78 Å². The van der Waals surface area contributed by atoms with E-state index in [-0.39, 0.29) is 29.6 Å². The van der Waals surface area contributed by atoms with E-state index < -0.39 is 0 Å². The van der Waals surface area contributed by atoms with Crippen LogP contribution in [0.3, 0.4) is 0 Å². The van der Waals surface area contributed by atoms with E-state index in [1.165, 1.54) is 19.2 Å². The molecule has 0 fully saturated rings. The van der Waals surface area contributed by atoms with Gasteiger partial charge in [-0.1, -0.05) is 35.9 Å². The molecule has 0 saturated heterocycles. The fourth-order valence-electron chi connectivity index (χ4n) is 2.40. The summed E-state index contributed by atoms with van der Waals surface area (Å²) in [5, 5.41) is 33.5. The molecule has 3 N–H and O–H groups in total. The Morgan fingerprint density at radius 1 is 1.08 bits per heavy atom. The Balaban J connectivity index is 2.06. The van der Waals surface area contributed by atoms with E-state index in [0.717, 1.165) is 5.39 Å². The van der Waals surface area contributed by atoms with Gasteiger partial charge in [-0.2, -0.15) is 0 Å². The summed E-state index contributed by atoms with van der Waals surface area (Å²) in [5.41, 5.74) is 0.856. The predicted molar refractivity (Wildman–Crippen MR) is 99.5 cm³/mol. The lowest BCUT2D eigenvalue weighted by molar-refractivity contribution is -0.266. The number of fused-ring (bicyclic) bond motifs is 1. The van der Waals surface area contributed by atoms with Crippen molar-refractivity contribution in [1.82, 2.24) is 0 Å². The first-order valence-electron chi connectivity index (χ1n) is 7.64. The molecule has 3 aromatic carbocycles. The maximum Gasteiger partial charge on any atom is 0.167 e. The maximum atomic E-state index is 10.6. The topological polar surface area (TPSA) is 95.7 Å². The molecule has 134 valence electrons. The first-order valence-corrected chi connectivity index (χ1v) is 8.02. The first kappa shape index (κ1) is 17.9. The van der Waals surface area contributed by atoms with Gasteiger partial charge >= 0.3 is 0 Å². The summed E-state index contributed by atoms with van der Waals surface area (Å²) in [6, 6.07) is 13.6. The Kier molecular flexibility index (Phi) is 5.52. The van der Waals surface area contributed by atoms with Crippen molar-refractivity contribution in [3.8, 4) is 11.5 Å². The van der Waals surface area contributed by atoms with Crippen LogP contribution in [0.4, 0.5) is 17.1 Å². The zero-order chi connectivity index (χ0) is 18.5. The van der Waals surface area contributed by atoms with E-state index in [2.05, 4.69) is 20.4 Å². The molecule has 0 aliphatic carbocycles. The van der Waals surface area contributed by atoms with Crippen LogP contribution in [0.5, 0.6) is 11.5 Å². The molecule has 0 unspecified atom stereocenters. The van der Waals surface area contributed by atoms with Gasteiger partial charge in [0.05, 0.1) is 12.8 Å². The number of hydrogen-bond donors (Lipinski definition) is 3. The Labute approximate surface area is 154 Å². The predicted octanol–water partition coefficient (Wildman–Crippen LogP) is 5.27. The summed E-state index contributed by atoms with van der Waals surface area (Å²) in [4.78, 5) is 9.30. The van der Waals surface area contributed by atoms with E-state index in [9.17, 15) is 10.2 Å². The monoisotopic (exact) mass is 373 g/mol. The molecule has 0 aliphatic rings. The minimum Gasteiger partial charge on any atom is -0.506 e. The van der Waals surface area contributed by atoms with Gasteiger partial charge in [0.15, 0.2) is 12.5 Å². The number of benzene rings is 3. The van der Waals surface area contributed by atoms with Crippen LogP contribution in [0.2, 0.25) is 5.02 Å². The van der Waals surface area contributed by atoms with Crippen molar-refractivity contribution in [3.05, 3.63) is 53.6 Å². The van der Waals surface area contributed by atoms with E-state index in [4.69, 9.17) is 16.5 Å². The van der Waals surface area contributed by atoms with Gasteiger partial charge in [0.25, 0.3) is 0 Å². The highest BCUT2D eigenvalue weighted by molar-refractivity contribution is 6.30. The third kappa shape index (κ3) is 3.85. The summed E-state index contributed by atoms with van der Waals surface area (Å²) in [6.07, 6.45) is 0. The van der Waals surface area contributed by atoms with Gasteiger partial charge in [0, 0.05) is 10.4 Å². The average molecular weight is 374 g/mol. The van der Waals surface area contributed by atoms with E-state index in [0.29, 0.717) is 16.1 Å². The zero-order valence-corrected chi connectivity index (χ0v) is 14.6. The number of phenols is 2. The van der Waals surface area contributed by atoms with Crippen LogP contribution in [0.25, 0.3) is 10.8 Å². The summed E-state index contributed by atoms with van der Waals surface area (Å²) in [6.45, 7) is 0.0358. The molecule has 0 heterocycles. The average Bonchev–Trinajstić information content (AvgIpc) is 2.64. The molecule has 3 rings (SSSR count). The van der Waals surface area contributed by atoms with Gasteiger partial charge in [-0.05, 0) is 29.7 Å². The smallest absolute Gasteiger partial charge is 0.167 e. The van der Waals surface area contributed by atoms with Crippen molar-refractivity contribution >= 4 is 39.4 Å². The maximum absolute atomic E-state index is 10.6. The Bertz CT molecular complexity index is 963. The summed E-state index contributed by atoms with van der Waals surface area (Å²) in [7, 11) is 1.39. The lowest BCUT2D eigenvalue weighted by Crippen LogP contribution is -2.05. The van der Waals surface area contributed by atoms with Crippen LogP contribution in [0, 0.1) is 0 Å². The largest absolute Gasteiger partial charge is 0.506 e. The number of nitrogens with zero attached hydrogens (tertiary/aromatic N) is 2. The Hall–Kier alpha value is -2.87. The molecule has 3 aromatic rings. The van der Waals surface area contributed by atoms with Gasteiger partial charge in [-0.15, -0.1) is 10.2 Å². The van der Waals surface area contributed by atoms with Crippen molar-refractivity contribution < 1.29 is 20.0 Å². The molecule has 0 spiro atoms. The zero-order valence-electron chi connectivity index (χ0n) is 13.8. The molecular weight excluding hydrogens is 358 g/mol. The fraction of sp³-hybridized carbons (Fsp3) is 0.111. The van der Waals surface area contributed by atoms with Crippen molar-refractivity contribution in [2.24, 2.45) is 10.2 Å². The number of hydrogen-bond acceptors (Lipinski definition) is 7. The molecule has 8 heteroatoms. The van der Waals surface area contributed by atoms with Crippen LogP contribution in [0.15, 0.2) is 58.8 Å². The lowest BCUT2D eigenvalue weighted by atomic mass is 10.1. The molecule has 0 atom stereocenters. The van der Waals surface area contributed by atoms with Crippen molar-refractivity contribution in [1.29, 1.82) is 0 Å². The third-order valence-electron chi connectivity index (χ3n) is 3.63. The standard InChI is InChI=1S/C18H16ClN3O4/c1-25-26-10-20-15-8-11-4-2-3-5-13(11)17(18(15)24)22-21-14-9-12(19)6-7-16(14)23/h2-9,20,23-24H,10H2,1H3. The van der Waals surface area contributed by atoms with Crippen molar-refractivity contribution in [2.45, 2.75) is 0 Å². The molecule has 0 saturated carbocycles. The highest BCUT2D eigenvalue weighted by Gasteiger charge is 2.13. The Morgan fingerprint density at radius 2 is 1.88 bits per heavy atom.